The molecule has 3 N–H and O–H groups in total. The van der Waals surface area contributed by atoms with Crippen molar-refractivity contribution in [1.82, 2.24) is 20.6 Å². The van der Waals surface area contributed by atoms with E-state index in [1.165, 1.54) is 11.9 Å². The molecule has 25 heavy (non-hydrogen) atoms. The van der Waals surface area contributed by atoms with Gasteiger partial charge in [0.25, 0.3) is 11.8 Å². The maximum absolute atomic E-state index is 12.6. The molecule has 0 radical (unpaired) electrons. The monoisotopic (exact) mass is 340 g/mol. The Balaban J connectivity index is 1.66. The molecule has 0 bridgehead atoms. The molecule has 2 amide bonds. The number of aromatic amines is 1. The summed E-state index contributed by atoms with van der Waals surface area (Å²) >= 11 is 0. The fourth-order valence-corrected chi connectivity index (χ4v) is 3.14. The summed E-state index contributed by atoms with van der Waals surface area (Å²) in [6.45, 7) is 4.77. The van der Waals surface area contributed by atoms with E-state index in [-0.39, 0.29) is 29.2 Å². The second-order valence-corrected chi connectivity index (χ2v) is 6.83. The van der Waals surface area contributed by atoms with Crippen molar-refractivity contribution in [2.45, 2.75) is 39.2 Å². The number of imidazole rings is 1. The van der Waals surface area contributed by atoms with Gasteiger partial charge >= 0.3 is 0 Å². The zero-order valence-electron chi connectivity index (χ0n) is 14.6. The van der Waals surface area contributed by atoms with Crippen LogP contribution in [-0.4, -0.2) is 28.3 Å². The van der Waals surface area contributed by atoms with Crippen LogP contribution in [0.4, 0.5) is 0 Å². The van der Waals surface area contributed by atoms with Gasteiger partial charge in [-0.1, -0.05) is 38.1 Å². The van der Waals surface area contributed by atoms with E-state index < -0.39 is 0 Å². The molecule has 1 aliphatic carbocycles. The molecule has 1 aromatic heterocycles. The number of hydrogen-bond acceptors (Lipinski definition) is 3. The number of carbonyl (C=O) groups is 2. The number of rotatable bonds is 6. The van der Waals surface area contributed by atoms with E-state index in [0.29, 0.717) is 12.5 Å². The third kappa shape index (κ3) is 3.90. The number of nitrogens with one attached hydrogen (secondary N) is 3. The van der Waals surface area contributed by atoms with Gasteiger partial charge in [0, 0.05) is 6.54 Å². The highest BCUT2D eigenvalue weighted by Gasteiger charge is 2.27. The predicted octanol–water partition coefficient (Wildman–Crippen LogP) is 2.60. The van der Waals surface area contributed by atoms with Crippen LogP contribution in [0.2, 0.25) is 0 Å². The molecule has 1 atom stereocenters. The number of aromatic nitrogens is 2. The van der Waals surface area contributed by atoms with Crippen LogP contribution in [0, 0.1) is 5.92 Å². The lowest BCUT2D eigenvalue weighted by Gasteiger charge is -2.14. The maximum Gasteiger partial charge on any atom is 0.272 e. The highest BCUT2D eigenvalue weighted by atomic mass is 16.2. The van der Waals surface area contributed by atoms with Crippen LogP contribution in [-0.2, 0) is 6.42 Å². The van der Waals surface area contributed by atoms with Crippen LogP contribution in [0.1, 0.15) is 64.8 Å². The minimum absolute atomic E-state index is 0.0303. The molecule has 0 unspecified atom stereocenters. The average Bonchev–Trinajstić information content (AvgIpc) is 3.22. The number of amides is 2. The number of carbonyl (C=O) groups excluding carboxylic acids is 2. The smallest absolute Gasteiger partial charge is 0.272 e. The van der Waals surface area contributed by atoms with Gasteiger partial charge in [-0.2, -0.15) is 0 Å². The van der Waals surface area contributed by atoms with Gasteiger partial charge in [0.05, 0.1) is 12.4 Å². The Kier molecular flexibility index (Phi) is 5.16. The fourth-order valence-electron chi connectivity index (χ4n) is 3.14. The Hall–Kier alpha value is -2.63. The average molecular weight is 340 g/mol. The molecule has 6 nitrogen and oxygen atoms in total. The predicted molar refractivity (Wildman–Crippen MR) is 95.3 cm³/mol. The lowest BCUT2D eigenvalue weighted by molar-refractivity contribution is 0.0903. The molecule has 0 saturated heterocycles. The first kappa shape index (κ1) is 17.2. The van der Waals surface area contributed by atoms with Gasteiger partial charge in [0.15, 0.2) is 5.69 Å². The number of benzene rings is 1. The fraction of sp³-hybridized carbons (Fsp3) is 0.421. The van der Waals surface area contributed by atoms with Gasteiger partial charge in [-0.15, -0.1) is 0 Å². The molecule has 132 valence electrons. The van der Waals surface area contributed by atoms with Gasteiger partial charge < -0.3 is 15.6 Å². The Morgan fingerprint density at radius 1 is 1.28 bits per heavy atom. The van der Waals surface area contributed by atoms with E-state index >= 15 is 0 Å². The van der Waals surface area contributed by atoms with E-state index in [0.717, 1.165) is 24.8 Å². The van der Waals surface area contributed by atoms with Gasteiger partial charge in [-0.05, 0) is 36.3 Å². The van der Waals surface area contributed by atoms with E-state index in [9.17, 15) is 9.59 Å². The molecule has 3 rings (SSSR count). The Morgan fingerprint density at radius 3 is 2.88 bits per heavy atom. The highest BCUT2D eigenvalue weighted by molar-refractivity contribution is 6.04. The topological polar surface area (TPSA) is 86.9 Å². The Bertz CT molecular complexity index is 766. The van der Waals surface area contributed by atoms with E-state index in [1.807, 2.05) is 18.2 Å². The van der Waals surface area contributed by atoms with Crippen LogP contribution in [0.25, 0.3) is 0 Å². The minimum Gasteiger partial charge on any atom is -0.351 e. The Labute approximate surface area is 147 Å². The third-order valence-electron chi connectivity index (χ3n) is 4.53. The van der Waals surface area contributed by atoms with Crippen molar-refractivity contribution in [3.8, 4) is 0 Å². The highest BCUT2D eigenvalue weighted by Crippen LogP contribution is 2.30. The first-order valence-corrected chi connectivity index (χ1v) is 8.76. The standard InChI is InChI=1S/C19H24N4O2/c1-12(2)9-10-20-18(24)16-17(22-11-21-16)19(25)23-15-8-7-13-5-3-4-6-14(13)15/h3-6,11-12,15H,7-10H2,1-2H3,(H,20,24)(H,21,22)(H,23,25)/t15-/m0/s1. The number of H-pyrrole nitrogens is 1. The number of nitrogens with zero attached hydrogens (tertiary/aromatic N) is 1. The van der Waals surface area contributed by atoms with Crippen molar-refractivity contribution in [3.63, 3.8) is 0 Å². The largest absolute Gasteiger partial charge is 0.351 e. The second kappa shape index (κ2) is 7.51. The summed E-state index contributed by atoms with van der Waals surface area (Å²) < 4.78 is 0. The van der Waals surface area contributed by atoms with Gasteiger partial charge in [0.2, 0.25) is 0 Å². The number of hydrogen-bond donors (Lipinski definition) is 3. The van der Waals surface area contributed by atoms with Crippen LogP contribution in [0.15, 0.2) is 30.6 Å². The normalized spacial score (nSPS) is 15.9. The quantitative estimate of drug-likeness (QED) is 0.755. The van der Waals surface area contributed by atoms with Crippen LogP contribution >= 0.6 is 0 Å². The summed E-state index contributed by atoms with van der Waals surface area (Å²) in [6, 6.07) is 8.08. The first-order valence-electron chi connectivity index (χ1n) is 8.76. The van der Waals surface area contributed by atoms with Crippen molar-refractivity contribution < 1.29 is 9.59 Å². The van der Waals surface area contributed by atoms with Crippen molar-refractivity contribution in [2.75, 3.05) is 6.54 Å². The first-order chi connectivity index (χ1) is 12.1. The SMILES string of the molecule is CC(C)CCNC(=O)c1[nH]cnc1C(=O)N[C@H]1CCc2ccccc21. The maximum atomic E-state index is 12.6. The van der Waals surface area contributed by atoms with Gasteiger partial charge in [-0.25, -0.2) is 4.98 Å². The van der Waals surface area contributed by atoms with Crippen LogP contribution in [0.5, 0.6) is 0 Å². The summed E-state index contributed by atoms with van der Waals surface area (Å²) in [5.74, 6) is -0.112. The molecular formula is C19H24N4O2. The van der Waals surface area contributed by atoms with E-state index in [2.05, 4.69) is 40.5 Å². The summed E-state index contributed by atoms with van der Waals surface area (Å²) in [6.07, 6.45) is 4.09. The molecule has 0 saturated carbocycles. The van der Waals surface area contributed by atoms with Crippen molar-refractivity contribution in [2.24, 2.45) is 5.92 Å². The summed E-state index contributed by atoms with van der Waals surface area (Å²) in [4.78, 5) is 31.7. The lowest BCUT2D eigenvalue weighted by atomic mass is 10.1. The van der Waals surface area contributed by atoms with Crippen molar-refractivity contribution >= 4 is 11.8 Å². The summed E-state index contributed by atoms with van der Waals surface area (Å²) in [7, 11) is 0. The second-order valence-electron chi connectivity index (χ2n) is 6.83. The molecule has 1 aliphatic rings. The summed E-state index contributed by atoms with van der Waals surface area (Å²) in [5, 5.41) is 5.84. The molecule has 2 aromatic rings. The molecule has 1 heterocycles. The van der Waals surface area contributed by atoms with Crippen LogP contribution in [0.3, 0.4) is 0 Å². The lowest BCUT2D eigenvalue weighted by Crippen LogP contribution is -2.32. The third-order valence-corrected chi connectivity index (χ3v) is 4.53. The molecule has 0 fully saturated rings. The molecule has 0 aliphatic heterocycles. The van der Waals surface area contributed by atoms with Gasteiger partial charge in [0.1, 0.15) is 5.69 Å². The van der Waals surface area contributed by atoms with Crippen molar-refractivity contribution in [3.05, 3.63) is 53.1 Å². The van der Waals surface area contributed by atoms with Gasteiger partial charge in [-0.3, -0.25) is 9.59 Å². The molecule has 1 aromatic carbocycles. The van der Waals surface area contributed by atoms with Crippen LogP contribution < -0.4 is 10.6 Å². The minimum atomic E-state index is -0.322. The Morgan fingerprint density at radius 2 is 2.08 bits per heavy atom. The van der Waals surface area contributed by atoms with E-state index in [4.69, 9.17) is 0 Å². The molecule has 6 heteroatoms. The van der Waals surface area contributed by atoms with E-state index in [1.54, 1.807) is 0 Å². The molecular weight excluding hydrogens is 316 g/mol. The zero-order chi connectivity index (χ0) is 17.8. The number of fused-ring (bicyclic) bond motifs is 1. The zero-order valence-corrected chi connectivity index (χ0v) is 14.6. The number of aryl methyl sites for hydroxylation is 1. The van der Waals surface area contributed by atoms with Crippen molar-refractivity contribution in [1.29, 1.82) is 0 Å². The summed E-state index contributed by atoms with van der Waals surface area (Å²) in [5.41, 5.74) is 2.77. The molecule has 0 spiro atoms.